The van der Waals surface area contributed by atoms with Gasteiger partial charge in [0.05, 0.1) is 12.5 Å². The van der Waals surface area contributed by atoms with Crippen LogP contribution < -0.4 is 5.32 Å². The fourth-order valence-corrected chi connectivity index (χ4v) is 1.48. The van der Waals surface area contributed by atoms with Crippen molar-refractivity contribution in [1.29, 1.82) is 0 Å². The van der Waals surface area contributed by atoms with Gasteiger partial charge in [-0.3, -0.25) is 4.79 Å². The number of hydrogen-bond donors (Lipinski definition) is 3. The molecule has 0 saturated carbocycles. The molecule has 82 valence electrons. The molecule has 0 bridgehead atoms. The molecule has 0 aliphatic carbocycles. The molecule has 3 N–H and O–H groups in total. The van der Waals surface area contributed by atoms with Crippen molar-refractivity contribution in [2.45, 2.75) is 12.5 Å². The van der Waals surface area contributed by atoms with Gasteiger partial charge in [-0.25, -0.2) is 0 Å². The fraction of sp³-hybridized carbons (Fsp3) is 0.667. The lowest BCUT2D eigenvalue weighted by Gasteiger charge is -2.08. The van der Waals surface area contributed by atoms with Crippen molar-refractivity contribution in [2.75, 3.05) is 24.6 Å². The number of nitrogens with one attached hydrogen (secondary N) is 1. The van der Waals surface area contributed by atoms with Gasteiger partial charge in [0, 0.05) is 24.6 Å². The molecule has 0 aromatic rings. The van der Waals surface area contributed by atoms with Crippen LogP contribution >= 0.6 is 11.8 Å². The smallest absolute Gasteiger partial charge is 0.306 e. The normalized spacial score (nSPS) is 12.4. The van der Waals surface area contributed by atoms with E-state index in [4.69, 9.17) is 10.2 Å². The van der Waals surface area contributed by atoms with Crippen LogP contribution in [-0.2, 0) is 4.79 Å². The summed E-state index contributed by atoms with van der Waals surface area (Å²) < 4.78 is 0. The van der Waals surface area contributed by atoms with Crippen molar-refractivity contribution in [3.63, 3.8) is 0 Å². The largest absolute Gasteiger partial charge is 0.481 e. The molecule has 0 aliphatic rings. The van der Waals surface area contributed by atoms with Crippen LogP contribution in [0.5, 0.6) is 0 Å². The molecule has 0 amide bonds. The zero-order chi connectivity index (χ0) is 10.8. The third-order valence-corrected chi connectivity index (χ3v) is 2.41. The third-order valence-electron chi connectivity index (χ3n) is 1.45. The zero-order valence-electron chi connectivity index (χ0n) is 8.11. The predicted octanol–water partition coefficient (Wildman–Crippen LogP) is 0.331. The summed E-state index contributed by atoms with van der Waals surface area (Å²) in [7, 11) is 0. The molecule has 14 heavy (non-hydrogen) atoms. The molecule has 0 aliphatic heterocycles. The molecule has 1 unspecified atom stereocenters. The lowest BCUT2D eigenvalue weighted by atomic mass is 10.2. The highest BCUT2D eigenvalue weighted by molar-refractivity contribution is 7.99. The van der Waals surface area contributed by atoms with Gasteiger partial charge in [-0.1, -0.05) is 6.08 Å². The highest BCUT2D eigenvalue weighted by Crippen LogP contribution is 1.97. The van der Waals surface area contributed by atoms with E-state index in [2.05, 4.69) is 11.9 Å². The Morgan fingerprint density at radius 2 is 2.36 bits per heavy atom. The van der Waals surface area contributed by atoms with Gasteiger partial charge in [0.1, 0.15) is 0 Å². The van der Waals surface area contributed by atoms with Gasteiger partial charge in [0.15, 0.2) is 0 Å². The van der Waals surface area contributed by atoms with Crippen molar-refractivity contribution >= 4 is 17.7 Å². The first kappa shape index (κ1) is 13.5. The molecule has 0 rings (SSSR count). The van der Waals surface area contributed by atoms with Crippen LogP contribution in [0.1, 0.15) is 6.42 Å². The number of aliphatic hydroxyl groups is 1. The summed E-state index contributed by atoms with van der Waals surface area (Å²) in [6.07, 6.45) is 0.841. The molecule has 4 nitrogen and oxygen atoms in total. The lowest BCUT2D eigenvalue weighted by Crippen LogP contribution is -2.30. The van der Waals surface area contributed by atoms with E-state index in [0.29, 0.717) is 6.54 Å². The van der Waals surface area contributed by atoms with Gasteiger partial charge in [0.2, 0.25) is 0 Å². The van der Waals surface area contributed by atoms with Gasteiger partial charge in [-0.2, -0.15) is 11.8 Å². The Morgan fingerprint density at radius 1 is 1.64 bits per heavy atom. The average Bonchev–Trinajstić information content (AvgIpc) is 2.10. The zero-order valence-corrected chi connectivity index (χ0v) is 8.92. The molecule has 0 radical (unpaired) electrons. The number of carboxylic acid groups (broad SMARTS) is 1. The van der Waals surface area contributed by atoms with Crippen LogP contribution in [0, 0.1) is 0 Å². The number of hydrogen-bond acceptors (Lipinski definition) is 4. The molecule has 0 fully saturated rings. The van der Waals surface area contributed by atoms with Gasteiger partial charge >= 0.3 is 5.97 Å². The van der Waals surface area contributed by atoms with Crippen LogP contribution in [0.2, 0.25) is 0 Å². The van der Waals surface area contributed by atoms with Crippen molar-refractivity contribution in [1.82, 2.24) is 5.32 Å². The van der Waals surface area contributed by atoms with Crippen LogP contribution in [0.4, 0.5) is 0 Å². The summed E-state index contributed by atoms with van der Waals surface area (Å²) >= 11 is 1.74. The molecule has 0 heterocycles. The van der Waals surface area contributed by atoms with Crippen LogP contribution in [0.3, 0.4) is 0 Å². The van der Waals surface area contributed by atoms with Crippen molar-refractivity contribution < 1.29 is 15.0 Å². The van der Waals surface area contributed by atoms with E-state index >= 15 is 0 Å². The Hall–Kier alpha value is -0.520. The molecule has 0 aromatic carbocycles. The number of carboxylic acids is 1. The van der Waals surface area contributed by atoms with E-state index in [1.165, 1.54) is 0 Å². The van der Waals surface area contributed by atoms with Crippen molar-refractivity contribution in [3.8, 4) is 0 Å². The second-order valence-electron chi connectivity index (χ2n) is 2.82. The van der Waals surface area contributed by atoms with Crippen LogP contribution in [-0.4, -0.2) is 46.9 Å². The quantitative estimate of drug-likeness (QED) is 0.385. The molecule has 0 aromatic heterocycles. The first-order chi connectivity index (χ1) is 6.66. The highest BCUT2D eigenvalue weighted by atomic mass is 32.2. The summed E-state index contributed by atoms with van der Waals surface area (Å²) in [5.41, 5.74) is 0. The molecular formula is C9H17NO3S. The molecule has 5 heteroatoms. The molecule has 0 saturated heterocycles. The SMILES string of the molecule is C=CCSCCNCC(O)CC(=O)O. The summed E-state index contributed by atoms with van der Waals surface area (Å²) in [5.74, 6) is 0.880. The Bertz CT molecular complexity index is 175. The second-order valence-corrected chi connectivity index (χ2v) is 3.97. The fourth-order valence-electron chi connectivity index (χ4n) is 0.853. The summed E-state index contributed by atoms with van der Waals surface area (Å²) in [5, 5.41) is 20.5. The third kappa shape index (κ3) is 9.57. The summed E-state index contributed by atoms with van der Waals surface area (Å²) in [6.45, 7) is 4.70. The predicted molar refractivity (Wildman–Crippen MR) is 58.7 cm³/mol. The maximum atomic E-state index is 10.2. The van der Waals surface area contributed by atoms with E-state index in [1.54, 1.807) is 11.8 Å². The topological polar surface area (TPSA) is 69.6 Å². The number of aliphatic carboxylic acids is 1. The number of carbonyl (C=O) groups is 1. The van der Waals surface area contributed by atoms with E-state index in [1.807, 2.05) is 6.08 Å². The van der Waals surface area contributed by atoms with Crippen LogP contribution in [0.25, 0.3) is 0 Å². The average molecular weight is 219 g/mol. The first-order valence-electron chi connectivity index (χ1n) is 4.46. The maximum absolute atomic E-state index is 10.2. The van der Waals surface area contributed by atoms with Gasteiger partial charge < -0.3 is 15.5 Å². The van der Waals surface area contributed by atoms with Crippen LogP contribution in [0.15, 0.2) is 12.7 Å². The van der Waals surface area contributed by atoms with Gasteiger partial charge in [-0.15, -0.1) is 6.58 Å². The minimum atomic E-state index is -0.972. The Labute approximate surface area is 88.4 Å². The van der Waals surface area contributed by atoms with Gasteiger partial charge in [-0.05, 0) is 0 Å². The molecule has 1 atom stereocenters. The summed E-state index contributed by atoms with van der Waals surface area (Å²) in [4.78, 5) is 10.2. The monoisotopic (exact) mass is 219 g/mol. The molecule has 0 spiro atoms. The standard InChI is InChI=1S/C9H17NO3S/c1-2-4-14-5-3-10-7-8(11)6-9(12)13/h2,8,10-11H,1,3-7H2,(H,12,13). The van der Waals surface area contributed by atoms with Crippen molar-refractivity contribution in [2.24, 2.45) is 0 Å². The lowest BCUT2D eigenvalue weighted by molar-refractivity contribution is -0.139. The Balaban J connectivity index is 3.18. The Kier molecular flexibility index (Phi) is 8.72. The first-order valence-corrected chi connectivity index (χ1v) is 5.61. The minimum absolute atomic E-state index is 0.202. The number of rotatable bonds is 9. The Morgan fingerprint density at radius 3 is 2.93 bits per heavy atom. The van der Waals surface area contributed by atoms with E-state index in [9.17, 15) is 4.79 Å². The second kappa shape index (κ2) is 9.05. The molecular weight excluding hydrogens is 202 g/mol. The number of thioether (sulfide) groups is 1. The van der Waals surface area contributed by atoms with Crippen molar-refractivity contribution in [3.05, 3.63) is 12.7 Å². The number of aliphatic hydroxyl groups excluding tert-OH is 1. The van der Waals surface area contributed by atoms with E-state index in [-0.39, 0.29) is 6.42 Å². The van der Waals surface area contributed by atoms with E-state index in [0.717, 1.165) is 18.1 Å². The van der Waals surface area contributed by atoms with Gasteiger partial charge in [0.25, 0.3) is 0 Å². The highest BCUT2D eigenvalue weighted by Gasteiger charge is 2.07. The minimum Gasteiger partial charge on any atom is -0.481 e. The maximum Gasteiger partial charge on any atom is 0.306 e. The van der Waals surface area contributed by atoms with E-state index < -0.39 is 12.1 Å². The summed E-state index contributed by atoms with van der Waals surface area (Å²) in [6, 6.07) is 0.